The zero-order valence-electron chi connectivity index (χ0n) is 18.3. The number of hydrogen-bond donors (Lipinski definition) is 3. The van der Waals surface area contributed by atoms with Crippen LogP contribution in [-0.2, 0) is 6.54 Å². The molecule has 0 saturated carbocycles. The van der Waals surface area contributed by atoms with Crippen molar-refractivity contribution in [3.05, 3.63) is 87.4 Å². The summed E-state index contributed by atoms with van der Waals surface area (Å²) < 4.78 is 7.06. The molecule has 178 valence electrons. The van der Waals surface area contributed by atoms with Crippen LogP contribution in [0.3, 0.4) is 0 Å². The van der Waals surface area contributed by atoms with Gasteiger partial charge in [-0.1, -0.05) is 41.4 Å². The van der Waals surface area contributed by atoms with Crippen molar-refractivity contribution in [1.82, 2.24) is 14.8 Å². The minimum atomic E-state index is -0.710. The van der Waals surface area contributed by atoms with Gasteiger partial charge in [0.25, 0.3) is 5.56 Å². The molecule has 0 aliphatic heterocycles. The highest BCUT2D eigenvalue weighted by atomic mass is 35.5. The molecule has 0 radical (unpaired) electrons. The highest BCUT2D eigenvalue weighted by molar-refractivity contribution is 6.39. The van der Waals surface area contributed by atoms with Gasteiger partial charge in [0.1, 0.15) is 22.9 Å². The number of anilines is 2. The van der Waals surface area contributed by atoms with Crippen LogP contribution >= 0.6 is 23.2 Å². The molecule has 0 aliphatic carbocycles. The number of ether oxygens (including phenoxy) is 1. The van der Waals surface area contributed by atoms with Gasteiger partial charge in [0.2, 0.25) is 0 Å². The second-order valence-corrected chi connectivity index (χ2v) is 8.06. The molecule has 0 spiro atoms. The average Bonchev–Trinajstić information content (AvgIpc) is 2.83. The van der Waals surface area contributed by atoms with Gasteiger partial charge in [0, 0.05) is 30.6 Å². The van der Waals surface area contributed by atoms with Gasteiger partial charge in [0.05, 0.1) is 21.4 Å². The number of carbonyl (C=O) groups is 1. The number of phenolic OH excluding ortho intramolecular Hbond substituents is 1. The van der Waals surface area contributed by atoms with Crippen molar-refractivity contribution in [3.8, 4) is 28.5 Å². The molecular weight excluding hydrogens is 493 g/mol. The Labute approximate surface area is 209 Å². The molecule has 0 fully saturated rings. The molecular formula is C24H19Cl2N5O4. The van der Waals surface area contributed by atoms with E-state index in [9.17, 15) is 14.7 Å². The largest absolute Gasteiger partial charge is 0.508 e. The van der Waals surface area contributed by atoms with Gasteiger partial charge in [0.15, 0.2) is 0 Å². The summed E-state index contributed by atoms with van der Waals surface area (Å²) in [4.78, 5) is 29.2. The number of nitrogens with one attached hydrogen (secondary N) is 2. The fourth-order valence-corrected chi connectivity index (χ4v) is 3.65. The number of urea groups is 1. The predicted molar refractivity (Wildman–Crippen MR) is 135 cm³/mol. The lowest BCUT2D eigenvalue weighted by atomic mass is 10.1. The zero-order chi connectivity index (χ0) is 24.9. The topological polar surface area (TPSA) is 118 Å². The van der Waals surface area contributed by atoms with Crippen molar-refractivity contribution < 1.29 is 14.6 Å². The first kappa shape index (κ1) is 24.1. The lowest BCUT2D eigenvalue weighted by Gasteiger charge is -2.13. The summed E-state index contributed by atoms with van der Waals surface area (Å²) in [6, 6.07) is 14.2. The lowest BCUT2D eigenvalue weighted by molar-refractivity contribution is 0.262. The number of aromatic hydroxyl groups is 1. The number of aromatic nitrogens is 3. The van der Waals surface area contributed by atoms with Gasteiger partial charge >= 0.3 is 6.03 Å². The van der Waals surface area contributed by atoms with Crippen LogP contribution in [0.2, 0.25) is 10.0 Å². The van der Waals surface area contributed by atoms with Crippen LogP contribution in [0.1, 0.15) is 6.92 Å². The van der Waals surface area contributed by atoms with Crippen LogP contribution in [-0.4, -0.2) is 25.9 Å². The molecule has 2 heterocycles. The number of aryl methyl sites for hydroxylation is 1. The van der Waals surface area contributed by atoms with Crippen molar-refractivity contribution in [2.75, 3.05) is 10.6 Å². The molecule has 0 unspecified atom stereocenters. The molecule has 9 nitrogen and oxygen atoms in total. The SMILES string of the molecule is CCn1nc(-c2cccc(Oc3cccc(O)c3)c2)cc(NC(=O)Nc2c(Cl)cncc2Cl)c1=O. The maximum atomic E-state index is 12.8. The van der Waals surface area contributed by atoms with E-state index in [0.29, 0.717) is 22.8 Å². The Kier molecular flexibility index (Phi) is 7.19. The number of hydrogen-bond acceptors (Lipinski definition) is 6. The number of benzene rings is 2. The summed E-state index contributed by atoms with van der Waals surface area (Å²) in [5.41, 5.74) is 0.778. The van der Waals surface area contributed by atoms with Crippen molar-refractivity contribution in [1.29, 1.82) is 0 Å². The number of halogens is 2. The zero-order valence-corrected chi connectivity index (χ0v) is 19.8. The second kappa shape index (κ2) is 10.5. The van der Waals surface area contributed by atoms with E-state index in [1.165, 1.54) is 29.2 Å². The third-order valence-corrected chi connectivity index (χ3v) is 5.37. The van der Waals surface area contributed by atoms with E-state index in [1.54, 1.807) is 49.4 Å². The Morgan fingerprint density at radius 1 is 1.03 bits per heavy atom. The predicted octanol–water partition coefficient (Wildman–Crippen LogP) is 5.77. The Morgan fingerprint density at radius 3 is 2.40 bits per heavy atom. The molecule has 0 aliphatic rings. The van der Waals surface area contributed by atoms with E-state index in [-0.39, 0.29) is 33.7 Å². The summed E-state index contributed by atoms with van der Waals surface area (Å²) in [7, 11) is 0. The molecule has 0 saturated heterocycles. The first-order valence-electron chi connectivity index (χ1n) is 10.4. The van der Waals surface area contributed by atoms with Gasteiger partial charge in [-0.05, 0) is 37.3 Å². The molecule has 2 aromatic heterocycles. The smallest absolute Gasteiger partial charge is 0.323 e. The fraction of sp³-hybridized carbons (Fsp3) is 0.0833. The third-order valence-electron chi connectivity index (χ3n) is 4.80. The molecule has 35 heavy (non-hydrogen) atoms. The summed E-state index contributed by atoms with van der Waals surface area (Å²) in [5.74, 6) is 1.04. The number of nitrogens with zero attached hydrogens (tertiary/aromatic N) is 3. The highest BCUT2D eigenvalue weighted by Gasteiger charge is 2.15. The van der Waals surface area contributed by atoms with Crippen LogP contribution < -0.4 is 20.9 Å². The van der Waals surface area contributed by atoms with Gasteiger partial charge in [-0.25, -0.2) is 9.48 Å². The minimum absolute atomic E-state index is 0.00922. The first-order valence-corrected chi connectivity index (χ1v) is 11.2. The van der Waals surface area contributed by atoms with E-state index in [0.717, 1.165) is 0 Å². The Morgan fingerprint density at radius 2 is 1.71 bits per heavy atom. The lowest BCUT2D eigenvalue weighted by Crippen LogP contribution is -2.29. The van der Waals surface area contributed by atoms with Crippen molar-refractivity contribution in [2.45, 2.75) is 13.5 Å². The highest BCUT2D eigenvalue weighted by Crippen LogP contribution is 2.30. The minimum Gasteiger partial charge on any atom is -0.508 e. The standard InChI is InChI=1S/C24H19Cl2N5O4/c1-2-31-23(33)21(28-24(34)29-22-18(25)12-27-13-19(22)26)11-20(30-31)14-5-3-7-16(9-14)35-17-8-4-6-15(32)10-17/h3-13,32H,2H2,1H3,(H2,27,28,29,34). The second-order valence-electron chi connectivity index (χ2n) is 7.25. The summed E-state index contributed by atoms with van der Waals surface area (Å²) in [5, 5.41) is 19.4. The van der Waals surface area contributed by atoms with Crippen LogP contribution in [0, 0.1) is 0 Å². The molecule has 4 rings (SSSR count). The number of phenols is 1. The van der Waals surface area contributed by atoms with E-state index in [4.69, 9.17) is 27.9 Å². The molecule has 2 amide bonds. The van der Waals surface area contributed by atoms with Gasteiger partial charge in [-0.2, -0.15) is 5.10 Å². The first-order chi connectivity index (χ1) is 16.8. The van der Waals surface area contributed by atoms with Crippen LogP contribution in [0.25, 0.3) is 11.3 Å². The molecule has 0 atom stereocenters. The summed E-state index contributed by atoms with van der Waals surface area (Å²) in [6.07, 6.45) is 2.67. The molecule has 0 bridgehead atoms. The van der Waals surface area contributed by atoms with Crippen molar-refractivity contribution >= 4 is 40.6 Å². The van der Waals surface area contributed by atoms with Crippen molar-refractivity contribution in [3.63, 3.8) is 0 Å². The Bertz CT molecular complexity index is 1440. The van der Waals surface area contributed by atoms with Gasteiger partial charge in [-0.3, -0.25) is 9.78 Å². The van der Waals surface area contributed by atoms with E-state index in [1.807, 2.05) is 0 Å². The summed E-state index contributed by atoms with van der Waals surface area (Å²) in [6.45, 7) is 2.05. The Hall–Kier alpha value is -4.08. The molecule has 4 aromatic rings. The summed E-state index contributed by atoms with van der Waals surface area (Å²) >= 11 is 12.1. The molecule has 2 aromatic carbocycles. The molecule has 3 N–H and O–H groups in total. The molecule has 11 heteroatoms. The quantitative estimate of drug-likeness (QED) is 0.302. The average molecular weight is 512 g/mol. The van der Waals surface area contributed by atoms with E-state index in [2.05, 4.69) is 20.7 Å². The van der Waals surface area contributed by atoms with Crippen LogP contribution in [0.15, 0.2) is 71.8 Å². The van der Waals surface area contributed by atoms with E-state index < -0.39 is 11.6 Å². The van der Waals surface area contributed by atoms with Crippen molar-refractivity contribution in [2.24, 2.45) is 0 Å². The van der Waals surface area contributed by atoms with Gasteiger partial charge in [-0.15, -0.1) is 0 Å². The Balaban J connectivity index is 1.62. The van der Waals surface area contributed by atoms with Gasteiger partial charge < -0.3 is 20.5 Å². The number of rotatable bonds is 6. The van der Waals surface area contributed by atoms with Crippen LogP contribution in [0.4, 0.5) is 16.2 Å². The van der Waals surface area contributed by atoms with E-state index >= 15 is 0 Å². The number of amides is 2. The number of carbonyl (C=O) groups excluding carboxylic acids is 1. The third kappa shape index (κ3) is 5.71. The normalized spacial score (nSPS) is 10.6. The van der Waals surface area contributed by atoms with Crippen LogP contribution in [0.5, 0.6) is 17.2 Å². The fourth-order valence-electron chi connectivity index (χ4n) is 3.19. The maximum Gasteiger partial charge on any atom is 0.323 e. The number of pyridine rings is 1. The maximum absolute atomic E-state index is 12.8. The monoisotopic (exact) mass is 511 g/mol.